The number of hydrogen-bond acceptors (Lipinski definition) is 3. The zero-order valence-corrected chi connectivity index (χ0v) is 15.4. The first kappa shape index (κ1) is 19.0. The van der Waals surface area contributed by atoms with Crippen LogP contribution in [0.2, 0.25) is 0 Å². The van der Waals surface area contributed by atoms with E-state index in [1.807, 2.05) is 6.92 Å². The van der Waals surface area contributed by atoms with Crippen LogP contribution in [0.1, 0.15) is 35.7 Å². The third kappa shape index (κ3) is 5.62. The first-order valence-corrected chi connectivity index (χ1v) is 9.21. The number of nitrogens with zero attached hydrogens (tertiary/aromatic N) is 1. The largest absolute Gasteiger partial charge is 0.352 e. The van der Waals surface area contributed by atoms with Gasteiger partial charge in [0.25, 0.3) is 5.91 Å². The number of anilines is 1. The molecule has 1 aliphatic rings. The van der Waals surface area contributed by atoms with E-state index in [1.54, 1.807) is 36.4 Å². The van der Waals surface area contributed by atoms with Crippen LogP contribution in [0.25, 0.3) is 0 Å². The number of carbonyl (C=O) groups excluding carboxylic acids is 2. The van der Waals surface area contributed by atoms with Crippen molar-refractivity contribution in [3.05, 3.63) is 65.5 Å². The number of carbonyl (C=O) groups is 2. The summed E-state index contributed by atoms with van der Waals surface area (Å²) in [6.45, 7) is 3.27. The lowest BCUT2D eigenvalue weighted by Gasteiger charge is -2.21. The monoisotopic (exact) mass is 369 g/mol. The van der Waals surface area contributed by atoms with Gasteiger partial charge < -0.3 is 10.6 Å². The van der Waals surface area contributed by atoms with Gasteiger partial charge in [-0.25, -0.2) is 4.39 Å². The van der Waals surface area contributed by atoms with Crippen LogP contribution in [0, 0.1) is 5.82 Å². The molecule has 6 heteroatoms. The van der Waals surface area contributed by atoms with Gasteiger partial charge in [-0.05, 0) is 55.7 Å². The van der Waals surface area contributed by atoms with Crippen LogP contribution >= 0.6 is 0 Å². The highest BCUT2D eigenvalue weighted by Crippen LogP contribution is 2.28. The van der Waals surface area contributed by atoms with Crippen LogP contribution in [-0.2, 0) is 11.3 Å². The second kappa shape index (κ2) is 8.77. The number of amides is 2. The molecule has 0 saturated heterocycles. The second-order valence-electron chi connectivity index (χ2n) is 6.75. The van der Waals surface area contributed by atoms with Crippen molar-refractivity contribution < 1.29 is 14.0 Å². The molecule has 0 atom stereocenters. The van der Waals surface area contributed by atoms with E-state index in [-0.39, 0.29) is 24.2 Å². The summed E-state index contributed by atoms with van der Waals surface area (Å²) in [6.07, 6.45) is 2.14. The zero-order chi connectivity index (χ0) is 19.2. The molecule has 0 radical (unpaired) electrons. The summed E-state index contributed by atoms with van der Waals surface area (Å²) >= 11 is 0. The summed E-state index contributed by atoms with van der Waals surface area (Å²) in [5.74, 6) is -0.553. The minimum atomic E-state index is -0.263. The third-order valence-electron chi connectivity index (χ3n) is 4.45. The highest BCUT2D eigenvalue weighted by Gasteiger charge is 2.30. The molecule has 2 aromatic carbocycles. The van der Waals surface area contributed by atoms with Gasteiger partial charge in [0, 0.05) is 30.4 Å². The third-order valence-corrected chi connectivity index (χ3v) is 4.45. The van der Waals surface area contributed by atoms with Gasteiger partial charge in [0.15, 0.2) is 0 Å². The molecule has 5 nitrogen and oxygen atoms in total. The minimum absolute atomic E-state index is 0.128. The van der Waals surface area contributed by atoms with Crippen molar-refractivity contribution in [2.24, 2.45) is 0 Å². The molecule has 142 valence electrons. The van der Waals surface area contributed by atoms with E-state index >= 15 is 0 Å². The summed E-state index contributed by atoms with van der Waals surface area (Å²) in [5.41, 5.74) is 2.09. The predicted octanol–water partition coefficient (Wildman–Crippen LogP) is 3.18. The van der Waals surface area contributed by atoms with Gasteiger partial charge in [-0.2, -0.15) is 0 Å². The molecule has 2 amide bonds. The van der Waals surface area contributed by atoms with Crippen molar-refractivity contribution >= 4 is 17.5 Å². The Morgan fingerprint density at radius 1 is 1.15 bits per heavy atom. The Labute approximate surface area is 158 Å². The molecular weight excluding hydrogens is 345 g/mol. The standard InChI is InChI=1S/C21H24FN3O2/c1-2-23-21(27)16-4-3-5-18(12-16)24-20(26)14-25(19-10-11-19)13-15-6-8-17(22)9-7-15/h3-9,12,19H,2,10-11,13-14H2,1H3,(H,23,27)(H,24,26). The van der Waals surface area contributed by atoms with Crippen molar-refractivity contribution in [1.29, 1.82) is 0 Å². The Bertz CT molecular complexity index is 803. The van der Waals surface area contributed by atoms with Gasteiger partial charge in [0.1, 0.15) is 5.82 Å². The fraction of sp³-hybridized carbons (Fsp3) is 0.333. The minimum Gasteiger partial charge on any atom is -0.352 e. The smallest absolute Gasteiger partial charge is 0.251 e. The van der Waals surface area contributed by atoms with Crippen LogP contribution in [0.15, 0.2) is 48.5 Å². The van der Waals surface area contributed by atoms with E-state index < -0.39 is 0 Å². The summed E-state index contributed by atoms with van der Waals surface area (Å²) in [4.78, 5) is 26.5. The Kier molecular flexibility index (Phi) is 6.19. The molecule has 2 N–H and O–H groups in total. The number of nitrogens with one attached hydrogen (secondary N) is 2. The molecular formula is C21H24FN3O2. The molecule has 0 spiro atoms. The van der Waals surface area contributed by atoms with E-state index in [2.05, 4.69) is 15.5 Å². The number of rotatable bonds is 8. The Morgan fingerprint density at radius 2 is 1.89 bits per heavy atom. The first-order valence-electron chi connectivity index (χ1n) is 9.21. The van der Waals surface area contributed by atoms with E-state index in [0.29, 0.717) is 30.4 Å². The predicted molar refractivity (Wildman–Crippen MR) is 103 cm³/mol. The molecule has 1 saturated carbocycles. The van der Waals surface area contributed by atoms with Gasteiger partial charge >= 0.3 is 0 Å². The molecule has 27 heavy (non-hydrogen) atoms. The fourth-order valence-electron chi connectivity index (χ4n) is 2.96. The fourth-order valence-corrected chi connectivity index (χ4v) is 2.96. The van der Waals surface area contributed by atoms with Crippen molar-refractivity contribution in [3.8, 4) is 0 Å². The molecule has 0 aromatic heterocycles. The molecule has 1 aliphatic carbocycles. The average molecular weight is 369 g/mol. The van der Waals surface area contributed by atoms with Gasteiger partial charge in [-0.3, -0.25) is 14.5 Å². The number of hydrogen-bond donors (Lipinski definition) is 2. The Morgan fingerprint density at radius 3 is 2.56 bits per heavy atom. The van der Waals surface area contributed by atoms with E-state index in [9.17, 15) is 14.0 Å². The number of benzene rings is 2. The molecule has 2 aromatic rings. The quantitative estimate of drug-likeness (QED) is 0.751. The molecule has 0 aliphatic heterocycles. The lowest BCUT2D eigenvalue weighted by atomic mass is 10.2. The van der Waals surface area contributed by atoms with Crippen molar-refractivity contribution in [1.82, 2.24) is 10.2 Å². The van der Waals surface area contributed by atoms with Crippen LogP contribution in [0.4, 0.5) is 10.1 Å². The van der Waals surface area contributed by atoms with Crippen LogP contribution in [-0.4, -0.2) is 35.8 Å². The van der Waals surface area contributed by atoms with Gasteiger partial charge in [0.2, 0.25) is 5.91 Å². The topological polar surface area (TPSA) is 61.4 Å². The van der Waals surface area contributed by atoms with E-state index in [4.69, 9.17) is 0 Å². The average Bonchev–Trinajstić information content (AvgIpc) is 3.48. The molecule has 0 heterocycles. The summed E-state index contributed by atoms with van der Waals surface area (Å²) in [5, 5.41) is 5.61. The maximum atomic E-state index is 13.1. The molecule has 3 rings (SSSR count). The SMILES string of the molecule is CCNC(=O)c1cccc(NC(=O)CN(Cc2ccc(F)cc2)C2CC2)c1. The summed E-state index contributed by atoms with van der Waals surface area (Å²) in [6, 6.07) is 13.7. The maximum Gasteiger partial charge on any atom is 0.251 e. The van der Waals surface area contributed by atoms with Crippen molar-refractivity contribution in [3.63, 3.8) is 0 Å². The molecule has 0 bridgehead atoms. The first-order chi connectivity index (χ1) is 13.0. The van der Waals surface area contributed by atoms with Crippen LogP contribution in [0.3, 0.4) is 0 Å². The lowest BCUT2D eigenvalue weighted by Crippen LogP contribution is -2.34. The molecule has 0 unspecified atom stereocenters. The lowest BCUT2D eigenvalue weighted by molar-refractivity contribution is -0.117. The maximum absolute atomic E-state index is 13.1. The van der Waals surface area contributed by atoms with Crippen molar-refractivity contribution in [2.75, 3.05) is 18.4 Å². The number of halogens is 1. The normalized spacial score (nSPS) is 13.4. The van der Waals surface area contributed by atoms with Gasteiger partial charge in [-0.1, -0.05) is 18.2 Å². The summed E-state index contributed by atoms with van der Waals surface area (Å²) < 4.78 is 13.1. The van der Waals surface area contributed by atoms with Crippen molar-refractivity contribution in [2.45, 2.75) is 32.4 Å². The van der Waals surface area contributed by atoms with Gasteiger partial charge in [0.05, 0.1) is 6.54 Å². The Hall–Kier alpha value is -2.73. The van der Waals surface area contributed by atoms with Crippen LogP contribution < -0.4 is 10.6 Å². The highest BCUT2D eigenvalue weighted by molar-refractivity contribution is 5.97. The summed E-state index contributed by atoms with van der Waals surface area (Å²) in [7, 11) is 0. The van der Waals surface area contributed by atoms with E-state index in [0.717, 1.165) is 18.4 Å². The van der Waals surface area contributed by atoms with Gasteiger partial charge in [-0.15, -0.1) is 0 Å². The van der Waals surface area contributed by atoms with Crippen LogP contribution in [0.5, 0.6) is 0 Å². The van der Waals surface area contributed by atoms with E-state index in [1.165, 1.54) is 12.1 Å². The Balaban J connectivity index is 1.60. The second-order valence-corrected chi connectivity index (χ2v) is 6.75. The highest BCUT2D eigenvalue weighted by atomic mass is 19.1. The molecule has 1 fully saturated rings. The zero-order valence-electron chi connectivity index (χ0n) is 15.4.